The van der Waals surface area contributed by atoms with Crippen LogP contribution in [0.5, 0.6) is 0 Å². The number of halogens is 1. The van der Waals surface area contributed by atoms with Gasteiger partial charge in [0.15, 0.2) is 0 Å². The SMILES string of the molecule is COC(=O)CCCc1cccc2ccc(Cl)cc12. The number of hydrogen-bond acceptors (Lipinski definition) is 2. The van der Waals surface area contributed by atoms with Crippen LogP contribution in [0.2, 0.25) is 5.02 Å². The zero-order chi connectivity index (χ0) is 13.0. The Kier molecular flexibility index (Phi) is 4.21. The van der Waals surface area contributed by atoms with E-state index in [9.17, 15) is 4.79 Å². The summed E-state index contributed by atoms with van der Waals surface area (Å²) in [5, 5.41) is 3.08. The minimum absolute atomic E-state index is 0.159. The fourth-order valence-electron chi connectivity index (χ4n) is 2.05. The Hall–Kier alpha value is -1.54. The molecule has 0 bridgehead atoms. The van der Waals surface area contributed by atoms with Gasteiger partial charge in [-0.3, -0.25) is 4.79 Å². The van der Waals surface area contributed by atoms with Crippen molar-refractivity contribution in [3.63, 3.8) is 0 Å². The van der Waals surface area contributed by atoms with E-state index in [1.807, 2.05) is 24.3 Å². The predicted octanol–water partition coefficient (Wildman–Crippen LogP) is 3.99. The van der Waals surface area contributed by atoms with Crippen LogP contribution in [0.3, 0.4) is 0 Å². The first-order valence-electron chi connectivity index (χ1n) is 5.94. The van der Waals surface area contributed by atoms with E-state index in [2.05, 4.69) is 16.9 Å². The molecule has 0 unspecified atom stereocenters. The number of fused-ring (bicyclic) bond motifs is 1. The molecular formula is C15H15ClO2. The Bertz CT molecular complexity index is 563. The standard InChI is InChI=1S/C15H15ClO2/c1-18-15(17)7-3-6-11-4-2-5-12-8-9-13(16)10-14(11)12/h2,4-5,8-10H,3,6-7H2,1H3. The lowest BCUT2D eigenvalue weighted by Crippen LogP contribution is -2.00. The summed E-state index contributed by atoms with van der Waals surface area (Å²) < 4.78 is 4.63. The third-order valence-corrected chi connectivity index (χ3v) is 3.22. The van der Waals surface area contributed by atoms with Crippen molar-refractivity contribution in [2.75, 3.05) is 7.11 Å². The number of ether oxygens (including phenoxy) is 1. The topological polar surface area (TPSA) is 26.3 Å². The molecule has 94 valence electrons. The maximum absolute atomic E-state index is 11.1. The number of benzene rings is 2. The second-order valence-corrected chi connectivity index (χ2v) is 4.65. The molecule has 2 aromatic rings. The first-order valence-corrected chi connectivity index (χ1v) is 6.32. The zero-order valence-corrected chi connectivity index (χ0v) is 11.0. The maximum Gasteiger partial charge on any atom is 0.305 e. The molecule has 0 amide bonds. The summed E-state index contributed by atoms with van der Waals surface area (Å²) in [6.07, 6.45) is 2.10. The van der Waals surface area contributed by atoms with Crippen molar-refractivity contribution >= 4 is 28.3 Å². The average molecular weight is 263 g/mol. The number of rotatable bonds is 4. The Morgan fingerprint density at radius 1 is 1.28 bits per heavy atom. The van der Waals surface area contributed by atoms with Crippen molar-refractivity contribution in [2.45, 2.75) is 19.3 Å². The molecular weight excluding hydrogens is 248 g/mol. The van der Waals surface area contributed by atoms with Crippen LogP contribution < -0.4 is 0 Å². The van der Waals surface area contributed by atoms with Crippen molar-refractivity contribution in [1.29, 1.82) is 0 Å². The Balaban J connectivity index is 2.17. The fourth-order valence-corrected chi connectivity index (χ4v) is 2.22. The van der Waals surface area contributed by atoms with Crippen LogP contribution in [-0.4, -0.2) is 13.1 Å². The molecule has 3 heteroatoms. The van der Waals surface area contributed by atoms with Gasteiger partial charge in [-0.15, -0.1) is 0 Å². The van der Waals surface area contributed by atoms with Crippen LogP contribution in [0.4, 0.5) is 0 Å². The highest BCUT2D eigenvalue weighted by Crippen LogP contribution is 2.24. The van der Waals surface area contributed by atoms with Gasteiger partial charge < -0.3 is 4.74 Å². The highest BCUT2D eigenvalue weighted by atomic mass is 35.5. The van der Waals surface area contributed by atoms with Gasteiger partial charge in [0.05, 0.1) is 7.11 Å². The zero-order valence-electron chi connectivity index (χ0n) is 10.3. The lowest BCUT2D eigenvalue weighted by Gasteiger charge is -2.06. The molecule has 0 N–H and O–H groups in total. The van der Waals surface area contributed by atoms with E-state index >= 15 is 0 Å². The van der Waals surface area contributed by atoms with Gasteiger partial charge in [0.2, 0.25) is 0 Å². The monoisotopic (exact) mass is 262 g/mol. The quantitative estimate of drug-likeness (QED) is 0.779. The Morgan fingerprint density at radius 3 is 2.89 bits per heavy atom. The van der Waals surface area contributed by atoms with Crippen LogP contribution in [0.15, 0.2) is 36.4 Å². The van der Waals surface area contributed by atoms with Crippen molar-refractivity contribution in [1.82, 2.24) is 0 Å². The number of methoxy groups -OCH3 is 1. The second kappa shape index (κ2) is 5.87. The van der Waals surface area contributed by atoms with Gasteiger partial charge in [-0.1, -0.05) is 35.9 Å². The van der Waals surface area contributed by atoms with E-state index in [0.717, 1.165) is 23.3 Å². The molecule has 0 atom stereocenters. The second-order valence-electron chi connectivity index (χ2n) is 4.21. The molecule has 0 saturated heterocycles. The molecule has 0 aliphatic heterocycles. The summed E-state index contributed by atoms with van der Waals surface area (Å²) in [6.45, 7) is 0. The van der Waals surface area contributed by atoms with E-state index < -0.39 is 0 Å². The summed E-state index contributed by atoms with van der Waals surface area (Å²) in [7, 11) is 1.42. The van der Waals surface area contributed by atoms with E-state index in [-0.39, 0.29) is 5.97 Å². The van der Waals surface area contributed by atoms with Crippen molar-refractivity contribution in [3.05, 3.63) is 47.0 Å². The average Bonchev–Trinajstić information content (AvgIpc) is 2.39. The molecule has 0 aliphatic carbocycles. The van der Waals surface area contributed by atoms with Crippen LogP contribution in [-0.2, 0) is 16.0 Å². The van der Waals surface area contributed by atoms with Crippen LogP contribution >= 0.6 is 11.6 Å². The Labute approximate surface area is 112 Å². The number of carbonyl (C=O) groups excluding carboxylic acids is 1. The number of aryl methyl sites for hydroxylation is 1. The van der Waals surface area contributed by atoms with E-state index in [4.69, 9.17) is 11.6 Å². The van der Waals surface area contributed by atoms with Gasteiger partial charge in [0.25, 0.3) is 0 Å². The molecule has 0 saturated carbocycles. The summed E-state index contributed by atoms with van der Waals surface area (Å²) in [4.78, 5) is 11.1. The van der Waals surface area contributed by atoms with Crippen molar-refractivity contribution < 1.29 is 9.53 Å². The lowest BCUT2D eigenvalue weighted by molar-refractivity contribution is -0.140. The summed E-state index contributed by atoms with van der Waals surface area (Å²) in [5.41, 5.74) is 1.22. The normalized spacial score (nSPS) is 10.6. The van der Waals surface area contributed by atoms with E-state index in [1.165, 1.54) is 18.1 Å². The van der Waals surface area contributed by atoms with Gasteiger partial charge in [-0.05, 0) is 41.3 Å². The fraction of sp³-hybridized carbons (Fsp3) is 0.267. The van der Waals surface area contributed by atoms with Gasteiger partial charge in [0, 0.05) is 11.4 Å². The molecule has 0 aromatic heterocycles. The third-order valence-electron chi connectivity index (χ3n) is 2.99. The Morgan fingerprint density at radius 2 is 2.11 bits per heavy atom. The van der Waals surface area contributed by atoms with Crippen LogP contribution in [0.25, 0.3) is 10.8 Å². The van der Waals surface area contributed by atoms with E-state index in [0.29, 0.717) is 6.42 Å². The van der Waals surface area contributed by atoms with Crippen LogP contribution in [0, 0.1) is 0 Å². The highest BCUT2D eigenvalue weighted by molar-refractivity contribution is 6.31. The molecule has 0 aliphatic rings. The van der Waals surface area contributed by atoms with Crippen molar-refractivity contribution in [3.8, 4) is 0 Å². The van der Waals surface area contributed by atoms with Gasteiger partial charge in [-0.2, -0.15) is 0 Å². The smallest absolute Gasteiger partial charge is 0.305 e. The maximum atomic E-state index is 11.1. The number of esters is 1. The van der Waals surface area contributed by atoms with Crippen molar-refractivity contribution in [2.24, 2.45) is 0 Å². The largest absolute Gasteiger partial charge is 0.469 e. The minimum Gasteiger partial charge on any atom is -0.469 e. The molecule has 0 radical (unpaired) electrons. The summed E-state index contributed by atoms with van der Waals surface area (Å²) in [5.74, 6) is -0.159. The van der Waals surface area contributed by atoms with Crippen LogP contribution in [0.1, 0.15) is 18.4 Å². The molecule has 2 nitrogen and oxygen atoms in total. The predicted molar refractivity (Wildman–Crippen MR) is 73.9 cm³/mol. The van der Waals surface area contributed by atoms with E-state index in [1.54, 1.807) is 0 Å². The molecule has 0 spiro atoms. The lowest BCUT2D eigenvalue weighted by atomic mass is 10.0. The molecule has 0 heterocycles. The van der Waals surface area contributed by atoms with Gasteiger partial charge in [0.1, 0.15) is 0 Å². The third kappa shape index (κ3) is 3.02. The molecule has 18 heavy (non-hydrogen) atoms. The molecule has 2 rings (SSSR count). The summed E-state index contributed by atoms with van der Waals surface area (Å²) in [6, 6.07) is 12.1. The number of carbonyl (C=O) groups is 1. The van der Waals surface area contributed by atoms with Gasteiger partial charge in [-0.25, -0.2) is 0 Å². The molecule has 0 fully saturated rings. The molecule has 2 aromatic carbocycles. The first kappa shape index (κ1) is 12.9. The number of hydrogen-bond donors (Lipinski definition) is 0. The van der Waals surface area contributed by atoms with Gasteiger partial charge >= 0.3 is 5.97 Å². The minimum atomic E-state index is -0.159. The summed E-state index contributed by atoms with van der Waals surface area (Å²) >= 11 is 6.02. The first-order chi connectivity index (χ1) is 8.70. The highest BCUT2D eigenvalue weighted by Gasteiger charge is 2.04.